The predicted octanol–water partition coefficient (Wildman–Crippen LogP) is 3.90. The van der Waals surface area contributed by atoms with Gasteiger partial charge in [0.2, 0.25) is 5.91 Å². The second-order valence-corrected chi connectivity index (χ2v) is 8.91. The molecule has 0 radical (unpaired) electrons. The Morgan fingerprint density at radius 2 is 1.80 bits per heavy atom. The first-order valence-corrected chi connectivity index (χ1v) is 10.1. The molecule has 0 saturated heterocycles. The number of hydrogen-bond donors (Lipinski definition) is 2. The molecule has 3 N–H and O–H groups in total. The van der Waals surface area contributed by atoms with Crippen molar-refractivity contribution in [1.29, 1.82) is 0 Å². The maximum absolute atomic E-state index is 13.2. The van der Waals surface area contributed by atoms with Crippen LogP contribution in [0.2, 0.25) is 0 Å². The normalized spacial score (nSPS) is 11.8. The highest BCUT2D eigenvalue weighted by molar-refractivity contribution is 6.12. The molecule has 3 aromatic rings. The number of rotatable bonds is 5. The lowest BCUT2D eigenvalue weighted by atomic mass is 10.0. The standard InChI is InChI=1S/C23H29N5O2/c1-13(2)18-12-17(20-14(3)27-28(21(20)26-18)23(4,5)6)22(30)25-16-9-7-15(8-10-16)11-19(24)29/h7-10,12-13H,11H2,1-6H3,(H2,24,29)(H,25,30). The van der Waals surface area contributed by atoms with Gasteiger partial charge in [0.1, 0.15) is 0 Å². The summed E-state index contributed by atoms with van der Waals surface area (Å²) in [4.78, 5) is 29.1. The summed E-state index contributed by atoms with van der Waals surface area (Å²) < 4.78 is 1.89. The highest BCUT2D eigenvalue weighted by atomic mass is 16.2. The van der Waals surface area contributed by atoms with E-state index in [9.17, 15) is 9.59 Å². The zero-order valence-electron chi connectivity index (χ0n) is 18.4. The molecule has 7 heteroatoms. The number of hydrogen-bond acceptors (Lipinski definition) is 4. The predicted molar refractivity (Wildman–Crippen MR) is 119 cm³/mol. The number of amides is 2. The average molecular weight is 408 g/mol. The van der Waals surface area contributed by atoms with Crippen molar-refractivity contribution in [3.05, 3.63) is 52.8 Å². The summed E-state index contributed by atoms with van der Waals surface area (Å²) in [7, 11) is 0. The van der Waals surface area contributed by atoms with E-state index in [-0.39, 0.29) is 23.8 Å². The Hall–Kier alpha value is -3.22. The van der Waals surface area contributed by atoms with Crippen molar-refractivity contribution >= 4 is 28.5 Å². The van der Waals surface area contributed by atoms with Gasteiger partial charge in [-0.05, 0) is 57.4 Å². The third-order valence-electron chi connectivity index (χ3n) is 4.89. The third-order valence-corrected chi connectivity index (χ3v) is 4.89. The summed E-state index contributed by atoms with van der Waals surface area (Å²) >= 11 is 0. The van der Waals surface area contributed by atoms with Gasteiger partial charge in [-0.3, -0.25) is 9.59 Å². The first-order chi connectivity index (χ1) is 14.0. The lowest BCUT2D eigenvalue weighted by Gasteiger charge is -2.20. The van der Waals surface area contributed by atoms with E-state index in [0.29, 0.717) is 16.9 Å². The monoisotopic (exact) mass is 407 g/mol. The van der Waals surface area contributed by atoms with Crippen LogP contribution in [0.4, 0.5) is 5.69 Å². The molecule has 30 heavy (non-hydrogen) atoms. The fraction of sp³-hybridized carbons (Fsp3) is 0.391. The molecular formula is C23H29N5O2. The molecule has 3 rings (SSSR count). The number of nitrogens with zero attached hydrogens (tertiary/aromatic N) is 3. The number of anilines is 1. The van der Waals surface area contributed by atoms with E-state index in [1.54, 1.807) is 24.3 Å². The van der Waals surface area contributed by atoms with E-state index in [1.807, 2.05) is 17.7 Å². The van der Waals surface area contributed by atoms with Crippen LogP contribution in [0.5, 0.6) is 0 Å². The number of aryl methyl sites for hydroxylation is 1. The van der Waals surface area contributed by atoms with Crippen LogP contribution in [0.15, 0.2) is 30.3 Å². The summed E-state index contributed by atoms with van der Waals surface area (Å²) in [5.41, 5.74) is 9.30. The summed E-state index contributed by atoms with van der Waals surface area (Å²) in [6.07, 6.45) is 0.169. The zero-order chi connectivity index (χ0) is 22.2. The largest absolute Gasteiger partial charge is 0.369 e. The van der Waals surface area contributed by atoms with E-state index >= 15 is 0 Å². The van der Waals surface area contributed by atoms with Gasteiger partial charge in [0.15, 0.2) is 5.65 Å². The molecule has 158 valence electrons. The van der Waals surface area contributed by atoms with E-state index < -0.39 is 5.91 Å². The SMILES string of the molecule is Cc1nn(C(C)(C)C)c2nc(C(C)C)cc(C(=O)Nc3ccc(CC(N)=O)cc3)c12. The maximum atomic E-state index is 13.2. The van der Waals surface area contributed by atoms with Crippen LogP contribution in [-0.2, 0) is 16.8 Å². The van der Waals surface area contributed by atoms with Crippen LogP contribution in [0.3, 0.4) is 0 Å². The fourth-order valence-electron chi connectivity index (χ4n) is 3.36. The smallest absolute Gasteiger partial charge is 0.256 e. The van der Waals surface area contributed by atoms with E-state index in [1.165, 1.54) is 0 Å². The second-order valence-electron chi connectivity index (χ2n) is 8.91. The molecule has 2 aromatic heterocycles. The minimum absolute atomic E-state index is 0.164. The van der Waals surface area contributed by atoms with Gasteiger partial charge < -0.3 is 11.1 Å². The molecule has 0 aliphatic rings. The molecule has 0 spiro atoms. The van der Waals surface area contributed by atoms with Crippen LogP contribution in [0.1, 0.15) is 67.8 Å². The Balaban J connectivity index is 2.04. The van der Waals surface area contributed by atoms with Gasteiger partial charge in [-0.15, -0.1) is 0 Å². The molecule has 0 aliphatic heterocycles. The Morgan fingerprint density at radius 1 is 1.17 bits per heavy atom. The van der Waals surface area contributed by atoms with Gasteiger partial charge >= 0.3 is 0 Å². The topological polar surface area (TPSA) is 103 Å². The molecular weight excluding hydrogens is 378 g/mol. The highest BCUT2D eigenvalue weighted by Crippen LogP contribution is 2.29. The number of carbonyl (C=O) groups is 2. The van der Waals surface area contributed by atoms with Gasteiger partial charge in [0.05, 0.1) is 28.6 Å². The second kappa shape index (κ2) is 7.89. The quantitative estimate of drug-likeness (QED) is 0.669. The fourth-order valence-corrected chi connectivity index (χ4v) is 3.36. The molecule has 0 fully saturated rings. The van der Waals surface area contributed by atoms with Crippen molar-refractivity contribution in [2.24, 2.45) is 5.73 Å². The van der Waals surface area contributed by atoms with Crippen molar-refractivity contribution < 1.29 is 9.59 Å². The molecule has 7 nitrogen and oxygen atoms in total. The number of fused-ring (bicyclic) bond motifs is 1. The van der Waals surface area contributed by atoms with Crippen molar-refractivity contribution in [2.45, 2.75) is 59.4 Å². The number of carbonyl (C=O) groups excluding carboxylic acids is 2. The van der Waals surface area contributed by atoms with Crippen LogP contribution in [-0.4, -0.2) is 26.6 Å². The van der Waals surface area contributed by atoms with Gasteiger partial charge in [0.25, 0.3) is 5.91 Å². The molecule has 2 heterocycles. The van der Waals surface area contributed by atoms with Crippen LogP contribution >= 0.6 is 0 Å². The summed E-state index contributed by atoms with van der Waals surface area (Å²) in [5, 5.41) is 8.39. The molecule has 1 aromatic carbocycles. The van der Waals surface area contributed by atoms with Crippen molar-refractivity contribution in [3.63, 3.8) is 0 Å². The van der Waals surface area contributed by atoms with E-state index in [2.05, 4.69) is 45.0 Å². The number of benzene rings is 1. The molecule has 0 atom stereocenters. The van der Waals surface area contributed by atoms with Crippen LogP contribution < -0.4 is 11.1 Å². The Labute approximate surface area is 176 Å². The lowest BCUT2D eigenvalue weighted by Crippen LogP contribution is -2.24. The van der Waals surface area contributed by atoms with Crippen LogP contribution in [0, 0.1) is 6.92 Å². The van der Waals surface area contributed by atoms with Gasteiger partial charge in [0, 0.05) is 11.4 Å². The summed E-state index contributed by atoms with van der Waals surface area (Å²) in [6.45, 7) is 12.2. The zero-order valence-corrected chi connectivity index (χ0v) is 18.4. The van der Waals surface area contributed by atoms with Crippen molar-refractivity contribution in [2.75, 3.05) is 5.32 Å². The molecule has 0 bridgehead atoms. The van der Waals surface area contributed by atoms with Crippen LogP contribution in [0.25, 0.3) is 11.0 Å². The highest BCUT2D eigenvalue weighted by Gasteiger charge is 2.25. The molecule has 0 saturated carbocycles. The number of nitrogens with two attached hydrogens (primary N) is 1. The number of nitrogens with one attached hydrogen (secondary N) is 1. The maximum Gasteiger partial charge on any atom is 0.256 e. The first-order valence-electron chi connectivity index (χ1n) is 10.1. The summed E-state index contributed by atoms with van der Waals surface area (Å²) in [5.74, 6) is -0.445. The minimum atomic E-state index is -0.390. The number of aromatic nitrogens is 3. The third kappa shape index (κ3) is 4.35. The Bertz CT molecular complexity index is 1110. The van der Waals surface area contributed by atoms with E-state index in [0.717, 1.165) is 22.3 Å². The Kier molecular flexibility index (Phi) is 5.65. The molecule has 0 aliphatic carbocycles. The molecule has 0 unspecified atom stereocenters. The first kappa shape index (κ1) is 21.5. The van der Waals surface area contributed by atoms with Gasteiger partial charge in [-0.2, -0.15) is 5.10 Å². The van der Waals surface area contributed by atoms with Crippen molar-refractivity contribution in [3.8, 4) is 0 Å². The minimum Gasteiger partial charge on any atom is -0.369 e. The van der Waals surface area contributed by atoms with Gasteiger partial charge in [-0.25, -0.2) is 9.67 Å². The van der Waals surface area contributed by atoms with E-state index in [4.69, 9.17) is 10.7 Å². The molecule has 2 amide bonds. The lowest BCUT2D eigenvalue weighted by molar-refractivity contribution is -0.117. The average Bonchev–Trinajstić information content (AvgIpc) is 2.99. The Morgan fingerprint density at radius 3 is 2.33 bits per heavy atom. The van der Waals surface area contributed by atoms with Crippen molar-refractivity contribution in [1.82, 2.24) is 14.8 Å². The van der Waals surface area contributed by atoms with Gasteiger partial charge in [-0.1, -0.05) is 26.0 Å². The number of pyridine rings is 1. The summed E-state index contributed by atoms with van der Waals surface area (Å²) in [6, 6.07) is 8.95. The number of primary amides is 1.